The highest BCUT2D eigenvalue weighted by Crippen LogP contribution is 2.45. The topological polar surface area (TPSA) is 61.6 Å². The Morgan fingerprint density at radius 3 is 2.80 bits per heavy atom. The molecule has 0 aromatic rings. The van der Waals surface area contributed by atoms with Gasteiger partial charge in [-0.05, 0) is 32.1 Å². The maximum atomic E-state index is 11.6. The van der Waals surface area contributed by atoms with E-state index in [2.05, 4.69) is 0 Å². The smallest absolute Gasteiger partial charge is 0.313 e. The van der Waals surface area contributed by atoms with E-state index in [1.54, 1.807) is 0 Å². The minimum Gasteiger partial charge on any atom is -0.462 e. The first-order valence-corrected chi connectivity index (χ1v) is 5.76. The maximum absolute atomic E-state index is 11.6. The average Bonchev–Trinajstić information content (AvgIpc) is 3.08. The van der Waals surface area contributed by atoms with Gasteiger partial charge in [0.1, 0.15) is 6.61 Å². The zero-order chi connectivity index (χ0) is 10.7. The van der Waals surface area contributed by atoms with Crippen molar-refractivity contribution in [3.63, 3.8) is 0 Å². The summed E-state index contributed by atoms with van der Waals surface area (Å²) in [7, 11) is 0. The Hall–Kier alpha value is -0.610. The van der Waals surface area contributed by atoms with Crippen LogP contribution in [0.2, 0.25) is 0 Å². The second kappa shape index (κ2) is 4.49. The Labute approximate surface area is 90.1 Å². The fourth-order valence-corrected chi connectivity index (χ4v) is 1.90. The number of esters is 1. The quantitative estimate of drug-likeness (QED) is 0.703. The van der Waals surface area contributed by atoms with E-state index in [0.717, 1.165) is 32.3 Å². The van der Waals surface area contributed by atoms with Crippen LogP contribution in [0.4, 0.5) is 0 Å². The van der Waals surface area contributed by atoms with Crippen molar-refractivity contribution in [2.75, 3.05) is 19.8 Å². The van der Waals surface area contributed by atoms with Crippen LogP contribution < -0.4 is 5.73 Å². The molecule has 86 valence electrons. The Morgan fingerprint density at radius 1 is 1.47 bits per heavy atom. The molecule has 1 saturated heterocycles. The summed E-state index contributed by atoms with van der Waals surface area (Å²) >= 11 is 0. The number of carbonyl (C=O) groups excluding carboxylic acids is 1. The van der Waals surface area contributed by atoms with Crippen LogP contribution in [-0.2, 0) is 14.3 Å². The largest absolute Gasteiger partial charge is 0.462 e. The van der Waals surface area contributed by atoms with Crippen LogP contribution in [0.5, 0.6) is 0 Å². The fourth-order valence-electron chi connectivity index (χ4n) is 1.90. The van der Waals surface area contributed by atoms with E-state index in [1.807, 2.05) is 0 Å². The van der Waals surface area contributed by atoms with Gasteiger partial charge in [-0.25, -0.2) is 0 Å². The first-order chi connectivity index (χ1) is 7.27. The monoisotopic (exact) mass is 213 g/mol. The summed E-state index contributed by atoms with van der Waals surface area (Å²) in [6.07, 6.45) is 5.17. The van der Waals surface area contributed by atoms with Gasteiger partial charge in [-0.1, -0.05) is 0 Å². The minimum atomic E-state index is -0.339. The van der Waals surface area contributed by atoms with Gasteiger partial charge < -0.3 is 15.2 Å². The highest BCUT2D eigenvalue weighted by molar-refractivity contribution is 5.80. The molecule has 1 aliphatic heterocycles. The summed E-state index contributed by atoms with van der Waals surface area (Å²) in [4.78, 5) is 11.6. The van der Waals surface area contributed by atoms with Crippen LogP contribution in [0.3, 0.4) is 0 Å². The zero-order valence-electron chi connectivity index (χ0n) is 9.04. The van der Waals surface area contributed by atoms with Crippen LogP contribution in [0.25, 0.3) is 0 Å². The molecule has 1 unspecified atom stereocenters. The molecule has 2 rings (SSSR count). The second-order valence-electron chi connectivity index (χ2n) is 4.57. The number of hydrogen-bond acceptors (Lipinski definition) is 4. The number of nitrogens with two attached hydrogens (primary N) is 1. The van der Waals surface area contributed by atoms with Crippen LogP contribution >= 0.6 is 0 Å². The van der Waals surface area contributed by atoms with Crippen LogP contribution in [0, 0.1) is 5.41 Å². The molecule has 1 saturated carbocycles. The minimum absolute atomic E-state index is 0.108. The predicted molar refractivity (Wildman–Crippen MR) is 55.3 cm³/mol. The first-order valence-electron chi connectivity index (χ1n) is 5.76. The lowest BCUT2D eigenvalue weighted by atomic mass is 10.1. The number of carbonyl (C=O) groups is 1. The molecule has 0 aromatic carbocycles. The molecule has 0 bridgehead atoms. The molecule has 2 aliphatic rings. The first kappa shape index (κ1) is 10.9. The number of rotatable bonds is 4. The van der Waals surface area contributed by atoms with E-state index in [9.17, 15) is 4.79 Å². The van der Waals surface area contributed by atoms with E-state index in [4.69, 9.17) is 15.2 Å². The van der Waals surface area contributed by atoms with Gasteiger partial charge in [-0.15, -0.1) is 0 Å². The molecule has 1 atom stereocenters. The van der Waals surface area contributed by atoms with E-state index < -0.39 is 0 Å². The summed E-state index contributed by atoms with van der Waals surface area (Å²) in [5.74, 6) is -0.126. The summed E-state index contributed by atoms with van der Waals surface area (Å²) in [5, 5.41) is 0. The van der Waals surface area contributed by atoms with E-state index >= 15 is 0 Å². The summed E-state index contributed by atoms with van der Waals surface area (Å²) in [5.41, 5.74) is 5.21. The SMILES string of the molecule is NCC1(C(=O)OCC2CCCCO2)CC1. The molecule has 0 amide bonds. The van der Waals surface area contributed by atoms with E-state index in [1.165, 1.54) is 6.42 Å². The average molecular weight is 213 g/mol. The maximum Gasteiger partial charge on any atom is 0.313 e. The molecule has 0 aromatic heterocycles. The highest BCUT2D eigenvalue weighted by Gasteiger charge is 2.50. The van der Waals surface area contributed by atoms with Crippen LogP contribution in [0.15, 0.2) is 0 Å². The van der Waals surface area contributed by atoms with Gasteiger partial charge in [0.15, 0.2) is 0 Å². The van der Waals surface area contributed by atoms with Gasteiger partial charge in [0, 0.05) is 13.2 Å². The summed E-state index contributed by atoms with van der Waals surface area (Å²) in [6.45, 7) is 1.61. The van der Waals surface area contributed by atoms with Gasteiger partial charge in [0.05, 0.1) is 11.5 Å². The molecule has 0 radical (unpaired) electrons. The molecule has 0 spiro atoms. The zero-order valence-corrected chi connectivity index (χ0v) is 9.04. The van der Waals surface area contributed by atoms with Gasteiger partial charge in [0.25, 0.3) is 0 Å². The summed E-state index contributed by atoms with van der Waals surface area (Å²) in [6, 6.07) is 0. The Kier molecular flexibility index (Phi) is 3.26. The van der Waals surface area contributed by atoms with Crippen LogP contribution in [0.1, 0.15) is 32.1 Å². The molecular weight excluding hydrogens is 194 g/mol. The van der Waals surface area contributed by atoms with Gasteiger partial charge in [-0.3, -0.25) is 4.79 Å². The summed E-state index contributed by atoms with van der Waals surface area (Å²) < 4.78 is 10.7. The lowest BCUT2D eigenvalue weighted by molar-refractivity contribution is -0.155. The highest BCUT2D eigenvalue weighted by atomic mass is 16.6. The Bertz CT molecular complexity index is 232. The number of hydrogen-bond donors (Lipinski definition) is 1. The molecule has 4 nitrogen and oxygen atoms in total. The second-order valence-corrected chi connectivity index (χ2v) is 4.57. The molecular formula is C11H19NO3. The predicted octanol–water partition coefficient (Wildman–Crippen LogP) is 0.838. The van der Waals surface area contributed by atoms with Crippen molar-refractivity contribution in [3.8, 4) is 0 Å². The Morgan fingerprint density at radius 2 is 2.27 bits per heavy atom. The molecule has 2 N–H and O–H groups in total. The van der Waals surface area contributed by atoms with Crippen molar-refractivity contribution in [1.29, 1.82) is 0 Å². The Balaban J connectivity index is 1.70. The number of ether oxygens (including phenoxy) is 2. The van der Waals surface area contributed by atoms with Crippen molar-refractivity contribution in [3.05, 3.63) is 0 Å². The van der Waals surface area contributed by atoms with Gasteiger partial charge >= 0.3 is 5.97 Å². The lowest BCUT2D eigenvalue weighted by Crippen LogP contribution is -2.31. The van der Waals surface area contributed by atoms with Crippen molar-refractivity contribution >= 4 is 5.97 Å². The van der Waals surface area contributed by atoms with Gasteiger partial charge in [-0.2, -0.15) is 0 Å². The molecule has 2 fully saturated rings. The molecule has 15 heavy (non-hydrogen) atoms. The van der Waals surface area contributed by atoms with Crippen molar-refractivity contribution in [2.24, 2.45) is 11.1 Å². The van der Waals surface area contributed by atoms with Crippen molar-refractivity contribution < 1.29 is 14.3 Å². The lowest BCUT2D eigenvalue weighted by Gasteiger charge is -2.23. The normalized spacial score (nSPS) is 28.5. The van der Waals surface area contributed by atoms with Crippen LogP contribution in [-0.4, -0.2) is 31.8 Å². The van der Waals surface area contributed by atoms with Crippen molar-refractivity contribution in [1.82, 2.24) is 0 Å². The van der Waals surface area contributed by atoms with E-state index in [-0.39, 0.29) is 17.5 Å². The van der Waals surface area contributed by atoms with Crippen molar-refractivity contribution in [2.45, 2.75) is 38.2 Å². The third-order valence-corrected chi connectivity index (χ3v) is 3.35. The fraction of sp³-hybridized carbons (Fsp3) is 0.909. The molecule has 1 aliphatic carbocycles. The molecule has 1 heterocycles. The van der Waals surface area contributed by atoms with E-state index in [0.29, 0.717) is 13.2 Å². The molecule has 4 heteroatoms. The third kappa shape index (κ3) is 2.49. The van der Waals surface area contributed by atoms with Gasteiger partial charge in [0.2, 0.25) is 0 Å². The standard InChI is InChI=1S/C11H19NO3/c12-8-11(4-5-11)10(13)15-7-9-3-1-2-6-14-9/h9H,1-8,12H2. The third-order valence-electron chi connectivity index (χ3n) is 3.35.